The van der Waals surface area contributed by atoms with E-state index < -0.39 is 0 Å². The summed E-state index contributed by atoms with van der Waals surface area (Å²) < 4.78 is 4.86. The molecule has 0 aliphatic carbocycles. The average molecular weight is 171 g/mol. The molecule has 1 N–H and O–H groups in total. The van der Waals surface area contributed by atoms with Crippen molar-refractivity contribution in [1.29, 1.82) is 0 Å². The molecular weight excluding hydrogens is 154 g/mol. The van der Waals surface area contributed by atoms with E-state index in [-0.39, 0.29) is 6.79 Å². The van der Waals surface area contributed by atoms with Gasteiger partial charge in [-0.25, -0.2) is 0 Å². The van der Waals surface area contributed by atoms with Gasteiger partial charge in [-0.3, -0.25) is 4.90 Å². The fourth-order valence-corrected chi connectivity index (χ4v) is 1.50. The lowest BCUT2D eigenvalue weighted by Gasteiger charge is -2.26. The molecule has 1 rings (SSSR count). The number of piperidine rings is 1. The molecule has 0 radical (unpaired) electrons. The van der Waals surface area contributed by atoms with Gasteiger partial charge < -0.3 is 9.84 Å². The molecule has 0 atom stereocenters. The fourth-order valence-electron chi connectivity index (χ4n) is 1.50. The van der Waals surface area contributed by atoms with E-state index >= 15 is 0 Å². The maximum Gasteiger partial charge on any atom is 0.186 e. The lowest BCUT2D eigenvalue weighted by molar-refractivity contribution is 0.0315. The van der Waals surface area contributed by atoms with Crippen molar-refractivity contribution in [2.24, 2.45) is 0 Å². The molecule has 3 heteroatoms. The van der Waals surface area contributed by atoms with Crippen LogP contribution in [0.2, 0.25) is 0 Å². The molecular formula is C9H17NO2. The SMILES string of the molecule is C=C(CN1CCCCC1)OCO. The number of nitrogens with zero attached hydrogens (tertiary/aromatic N) is 1. The zero-order valence-corrected chi connectivity index (χ0v) is 7.46. The molecule has 0 aromatic heterocycles. The first-order valence-electron chi connectivity index (χ1n) is 4.46. The Kier molecular flexibility index (Phi) is 4.11. The van der Waals surface area contributed by atoms with Crippen LogP contribution in [0.4, 0.5) is 0 Å². The van der Waals surface area contributed by atoms with Crippen molar-refractivity contribution >= 4 is 0 Å². The van der Waals surface area contributed by atoms with Crippen molar-refractivity contribution in [3.63, 3.8) is 0 Å². The highest BCUT2D eigenvalue weighted by atomic mass is 16.6. The third-order valence-electron chi connectivity index (χ3n) is 2.12. The number of hydrogen-bond acceptors (Lipinski definition) is 3. The second-order valence-electron chi connectivity index (χ2n) is 3.15. The van der Waals surface area contributed by atoms with Gasteiger partial charge in [0.15, 0.2) is 6.79 Å². The van der Waals surface area contributed by atoms with Gasteiger partial charge >= 0.3 is 0 Å². The van der Waals surface area contributed by atoms with Gasteiger partial charge in [-0.05, 0) is 25.9 Å². The summed E-state index contributed by atoms with van der Waals surface area (Å²) in [5.41, 5.74) is 0. The minimum Gasteiger partial charge on any atom is -0.471 e. The molecule has 0 aromatic carbocycles. The van der Waals surface area contributed by atoms with Crippen molar-refractivity contribution in [3.8, 4) is 0 Å². The minimum atomic E-state index is -0.257. The van der Waals surface area contributed by atoms with Gasteiger partial charge in [-0.2, -0.15) is 0 Å². The van der Waals surface area contributed by atoms with Gasteiger partial charge in [-0.15, -0.1) is 0 Å². The Morgan fingerprint density at radius 1 is 1.33 bits per heavy atom. The number of aliphatic hydroxyl groups is 1. The van der Waals surface area contributed by atoms with Crippen molar-refractivity contribution < 1.29 is 9.84 Å². The second-order valence-corrected chi connectivity index (χ2v) is 3.15. The van der Waals surface area contributed by atoms with E-state index in [0.717, 1.165) is 19.6 Å². The fraction of sp³-hybridized carbons (Fsp3) is 0.778. The number of rotatable bonds is 4. The molecule has 1 heterocycles. The van der Waals surface area contributed by atoms with E-state index in [0.29, 0.717) is 5.76 Å². The molecule has 0 amide bonds. The molecule has 1 aliphatic rings. The maximum absolute atomic E-state index is 8.46. The molecule has 0 unspecified atom stereocenters. The Hall–Kier alpha value is -0.540. The summed E-state index contributed by atoms with van der Waals surface area (Å²) in [5.74, 6) is 0.666. The Morgan fingerprint density at radius 3 is 2.58 bits per heavy atom. The monoisotopic (exact) mass is 171 g/mol. The van der Waals surface area contributed by atoms with Gasteiger partial charge in [0, 0.05) is 0 Å². The smallest absolute Gasteiger partial charge is 0.186 e. The summed E-state index contributed by atoms with van der Waals surface area (Å²) in [7, 11) is 0. The van der Waals surface area contributed by atoms with Gasteiger partial charge in [0.25, 0.3) is 0 Å². The van der Waals surface area contributed by atoms with E-state index in [1.165, 1.54) is 19.3 Å². The predicted octanol–water partition coefficient (Wildman–Crippen LogP) is 0.952. The third kappa shape index (κ3) is 3.24. The Balaban J connectivity index is 2.15. The summed E-state index contributed by atoms with van der Waals surface area (Å²) in [6.07, 6.45) is 3.88. The third-order valence-corrected chi connectivity index (χ3v) is 2.12. The van der Waals surface area contributed by atoms with Crippen molar-refractivity contribution in [3.05, 3.63) is 12.3 Å². The maximum atomic E-state index is 8.46. The van der Waals surface area contributed by atoms with Crippen LogP contribution < -0.4 is 0 Å². The van der Waals surface area contributed by atoms with Crippen LogP contribution in [-0.4, -0.2) is 36.4 Å². The van der Waals surface area contributed by atoms with Crippen molar-refractivity contribution in [2.45, 2.75) is 19.3 Å². The highest BCUT2D eigenvalue weighted by Crippen LogP contribution is 2.10. The molecule has 0 bridgehead atoms. The highest BCUT2D eigenvalue weighted by Gasteiger charge is 2.10. The summed E-state index contributed by atoms with van der Waals surface area (Å²) in [6, 6.07) is 0. The van der Waals surface area contributed by atoms with Gasteiger partial charge in [-0.1, -0.05) is 13.0 Å². The molecule has 12 heavy (non-hydrogen) atoms. The first kappa shape index (κ1) is 9.55. The Labute approximate surface area is 73.6 Å². The first-order valence-corrected chi connectivity index (χ1v) is 4.46. The van der Waals surface area contributed by atoms with Crippen LogP contribution in [0.15, 0.2) is 12.3 Å². The van der Waals surface area contributed by atoms with E-state index in [9.17, 15) is 0 Å². The molecule has 1 aliphatic heterocycles. The number of hydrogen-bond donors (Lipinski definition) is 1. The lowest BCUT2D eigenvalue weighted by Crippen LogP contribution is -2.31. The van der Waals surface area contributed by atoms with Crippen LogP contribution in [-0.2, 0) is 4.74 Å². The number of aliphatic hydroxyl groups excluding tert-OH is 1. The van der Waals surface area contributed by atoms with Crippen molar-refractivity contribution in [1.82, 2.24) is 4.90 Å². The molecule has 70 valence electrons. The van der Waals surface area contributed by atoms with Crippen LogP contribution in [0.3, 0.4) is 0 Å². The largest absolute Gasteiger partial charge is 0.471 e. The molecule has 0 aromatic rings. The molecule has 0 spiro atoms. The van der Waals surface area contributed by atoms with E-state index in [1.807, 2.05) is 0 Å². The Bertz CT molecular complexity index is 141. The normalized spacial score (nSPS) is 19.1. The molecule has 0 saturated carbocycles. The van der Waals surface area contributed by atoms with Crippen LogP contribution in [0, 0.1) is 0 Å². The van der Waals surface area contributed by atoms with E-state index in [1.54, 1.807) is 0 Å². The zero-order chi connectivity index (χ0) is 8.81. The van der Waals surface area contributed by atoms with Crippen LogP contribution in [0.25, 0.3) is 0 Å². The summed E-state index contributed by atoms with van der Waals surface area (Å²) >= 11 is 0. The Morgan fingerprint density at radius 2 is 2.00 bits per heavy atom. The van der Waals surface area contributed by atoms with Crippen LogP contribution in [0.1, 0.15) is 19.3 Å². The zero-order valence-electron chi connectivity index (χ0n) is 7.46. The number of ether oxygens (including phenoxy) is 1. The molecule has 1 fully saturated rings. The lowest BCUT2D eigenvalue weighted by atomic mass is 10.1. The van der Waals surface area contributed by atoms with E-state index in [4.69, 9.17) is 9.84 Å². The van der Waals surface area contributed by atoms with Gasteiger partial charge in [0.05, 0.1) is 6.54 Å². The summed E-state index contributed by atoms with van der Waals surface area (Å²) in [4.78, 5) is 2.31. The highest BCUT2D eigenvalue weighted by molar-refractivity contribution is 4.87. The van der Waals surface area contributed by atoms with Crippen LogP contribution in [0.5, 0.6) is 0 Å². The van der Waals surface area contributed by atoms with E-state index in [2.05, 4.69) is 11.5 Å². The molecule has 1 saturated heterocycles. The first-order chi connectivity index (χ1) is 5.83. The second kappa shape index (κ2) is 5.17. The van der Waals surface area contributed by atoms with Gasteiger partial charge in [0.1, 0.15) is 5.76 Å². The standard InChI is InChI=1S/C9H17NO2/c1-9(12-8-11)7-10-5-3-2-4-6-10/h11H,1-8H2. The topological polar surface area (TPSA) is 32.7 Å². The van der Waals surface area contributed by atoms with Crippen LogP contribution >= 0.6 is 0 Å². The summed E-state index contributed by atoms with van der Waals surface area (Å²) in [5, 5.41) is 8.46. The molecule has 3 nitrogen and oxygen atoms in total. The summed E-state index contributed by atoms with van der Waals surface area (Å²) in [6.45, 7) is 6.49. The quantitative estimate of drug-likeness (QED) is 0.505. The average Bonchev–Trinajstić information content (AvgIpc) is 2.06. The minimum absolute atomic E-state index is 0.257. The predicted molar refractivity (Wildman–Crippen MR) is 47.6 cm³/mol. The van der Waals surface area contributed by atoms with Gasteiger partial charge in [0.2, 0.25) is 0 Å². The number of likely N-dealkylation sites (tertiary alicyclic amines) is 1. The van der Waals surface area contributed by atoms with Crippen molar-refractivity contribution in [2.75, 3.05) is 26.4 Å².